The predicted molar refractivity (Wildman–Crippen MR) is 110 cm³/mol. The van der Waals surface area contributed by atoms with E-state index in [2.05, 4.69) is 41.0 Å². The minimum Gasteiger partial charge on any atom is -0.368 e. The largest absolute Gasteiger partial charge is 0.368 e. The number of carbonyl (C=O) groups excluding carboxylic acids is 1. The number of amides is 1. The van der Waals surface area contributed by atoms with Gasteiger partial charge in [-0.15, -0.1) is 0 Å². The van der Waals surface area contributed by atoms with E-state index >= 15 is 0 Å². The van der Waals surface area contributed by atoms with Crippen molar-refractivity contribution in [1.82, 2.24) is 10.6 Å². The molecule has 1 amide bonds. The SMILES string of the molecule is CN=C(NCc1cccc(NC(=O)C2CCCO2)c1)NCC(C)(C)SC. The van der Waals surface area contributed by atoms with Crippen molar-refractivity contribution in [2.45, 2.75) is 44.1 Å². The van der Waals surface area contributed by atoms with Gasteiger partial charge >= 0.3 is 0 Å². The summed E-state index contributed by atoms with van der Waals surface area (Å²) >= 11 is 1.82. The average Bonchev–Trinajstić information content (AvgIpc) is 3.17. The van der Waals surface area contributed by atoms with Crippen LogP contribution in [0.3, 0.4) is 0 Å². The van der Waals surface area contributed by atoms with Crippen molar-refractivity contribution in [2.24, 2.45) is 4.99 Å². The van der Waals surface area contributed by atoms with Gasteiger partial charge < -0.3 is 20.7 Å². The molecule has 1 atom stereocenters. The highest BCUT2D eigenvalue weighted by molar-refractivity contribution is 7.99. The molecule has 0 aromatic heterocycles. The summed E-state index contributed by atoms with van der Waals surface area (Å²) in [5.74, 6) is 0.699. The molecule has 7 heteroatoms. The first-order valence-corrected chi connectivity index (χ1v) is 10.2. The third-order valence-electron chi connectivity index (χ3n) is 4.33. The smallest absolute Gasteiger partial charge is 0.253 e. The number of rotatable bonds is 7. The topological polar surface area (TPSA) is 74.8 Å². The van der Waals surface area contributed by atoms with Crippen LogP contribution in [0.25, 0.3) is 0 Å². The lowest BCUT2D eigenvalue weighted by Gasteiger charge is -2.23. The molecule has 1 aliphatic heterocycles. The lowest BCUT2D eigenvalue weighted by molar-refractivity contribution is -0.124. The summed E-state index contributed by atoms with van der Waals surface area (Å²) < 4.78 is 5.57. The molecule has 26 heavy (non-hydrogen) atoms. The number of nitrogens with one attached hydrogen (secondary N) is 3. The molecule has 3 N–H and O–H groups in total. The Balaban J connectivity index is 1.86. The molecule has 0 bridgehead atoms. The standard InChI is InChI=1S/C19H30N4O2S/c1-19(2,26-4)13-22-18(20-3)21-12-14-7-5-8-15(11-14)23-17(24)16-9-6-10-25-16/h5,7-8,11,16H,6,9-10,12-13H2,1-4H3,(H,23,24)(H2,20,21,22). The zero-order valence-electron chi connectivity index (χ0n) is 16.1. The first kappa shape index (κ1) is 20.6. The zero-order chi connectivity index (χ0) is 19.0. The quantitative estimate of drug-likeness (QED) is 0.502. The van der Waals surface area contributed by atoms with Crippen LogP contribution in [0.2, 0.25) is 0 Å². The summed E-state index contributed by atoms with van der Waals surface area (Å²) in [6.45, 7) is 6.51. The summed E-state index contributed by atoms with van der Waals surface area (Å²) in [5.41, 5.74) is 1.86. The van der Waals surface area contributed by atoms with E-state index in [1.165, 1.54) is 0 Å². The van der Waals surface area contributed by atoms with E-state index < -0.39 is 0 Å². The van der Waals surface area contributed by atoms with Gasteiger partial charge in [0.15, 0.2) is 5.96 Å². The van der Waals surface area contributed by atoms with Crippen molar-refractivity contribution in [2.75, 3.05) is 31.8 Å². The number of anilines is 1. The van der Waals surface area contributed by atoms with E-state index in [1.807, 2.05) is 36.0 Å². The van der Waals surface area contributed by atoms with Gasteiger partial charge in [0.05, 0.1) is 0 Å². The molecule has 2 rings (SSSR count). The van der Waals surface area contributed by atoms with Gasteiger partial charge in [0.1, 0.15) is 6.10 Å². The number of hydrogen-bond donors (Lipinski definition) is 3. The fraction of sp³-hybridized carbons (Fsp3) is 0.579. The van der Waals surface area contributed by atoms with Crippen molar-refractivity contribution < 1.29 is 9.53 Å². The second-order valence-electron chi connectivity index (χ2n) is 6.93. The Labute approximate surface area is 160 Å². The molecule has 1 heterocycles. The average molecular weight is 379 g/mol. The molecule has 1 aromatic carbocycles. The zero-order valence-corrected chi connectivity index (χ0v) is 16.9. The Morgan fingerprint density at radius 1 is 1.38 bits per heavy atom. The number of nitrogens with zero attached hydrogens (tertiary/aromatic N) is 1. The van der Waals surface area contributed by atoms with Crippen molar-refractivity contribution in [1.29, 1.82) is 0 Å². The molecule has 0 radical (unpaired) electrons. The third kappa shape index (κ3) is 6.53. The van der Waals surface area contributed by atoms with Crippen LogP contribution in [0.4, 0.5) is 5.69 Å². The van der Waals surface area contributed by atoms with Gasteiger partial charge in [-0.25, -0.2) is 0 Å². The monoisotopic (exact) mass is 378 g/mol. The van der Waals surface area contributed by atoms with Crippen LogP contribution in [-0.4, -0.2) is 49.2 Å². The van der Waals surface area contributed by atoms with Crippen molar-refractivity contribution in [3.05, 3.63) is 29.8 Å². The van der Waals surface area contributed by atoms with E-state index in [1.54, 1.807) is 7.05 Å². The Kier molecular flexibility index (Phi) is 7.78. The predicted octanol–water partition coefficient (Wildman–Crippen LogP) is 2.61. The molecule has 1 saturated heterocycles. The molecular formula is C19H30N4O2S. The molecule has 0 aliphatic carbocycles. The Hall–Kier alpha value is -1.73. The summed E-state index contributed by atoms with van der Waals surface area (Å²) in [5, 5.41) is 9.60. The van der Waals surface area contributed by atoms with E-state index in [0.717, 1.165) is 36.6 Å². The lowest BCUT2D eigenvalue weighted by Crippen LogP contribution is -2.43. The van der Waals surface area contributed by atoms with Crippen LogP contribution in [0.5, 0.6) is 0 Å². The highest BCUT2D eigenvalue weighted by Crippen LogP contribution is 2.19. The van der Waals surface area contributed by atoms with Crippen LogP contribution in [0.1, 0.15) is 32.3 Å². The summed E-state index contributed by atoms with van der Waals surface area (Å²) in [4.78, 5) is 16.4. The van der Waals surface area contributed by atoms with E-state index in [4.69, 9.17) is 4.74 Å². The molecule has 1 fully saturated rings. The van der Waals surface area contributed by atoms with Gasteiger partial charge in [0, 0.05) is 37.2 Å². The molecule has 144 valence electrons. The van der Waals surface area contributed by atoms with Crippen LogP contribution < -0.4 is 16.0 Å². The van der Waals surface area contributed by atoms with E-state index in [9.17, 15) is 4.79 Å². The van der Waals surface area contributed by atoms with Gasteiger partial charge in [-0.2, -0.15) is 11.8 Å². The maximum Gasteiger partial charge on any atom is 0.253 e. The van der Waals surface area contributed by atoms with Crippen molar-refractivity contribution in [3.63, 3.8) is 0 Å². The molecular weight excluding hydrogens is 348 g/mol. The van der Waals surface area contributed by atoms with Crippen LogP contribution in [0.15, 0.2) is 29.3 Å². The molecule has 0 spiro atoms. The summed E-state index contributed by atoms with van der Waals surface area (Å²) in [6.07, 6.45) is 3.52. The number of ether oxygens (including phenoxy) is 1. The van der Waals surface area contributed by atoms with Gasteiger partial charge in [0.25, 0.3) is 5.91 Å². The molecule has 1 aliphatic rings. The van der Waals surface area contributed by atoms with Gasteiger partial charge in [-0.05, 0) is 50.6 Å². The first-order chi connectivity index (χ1) is 12.4. The van der Waals surface area contributed by atoms with E-state index in [0.29, 0.717) is 13.2 Å². The maximum atomic E-state index is 12.2. The minimum atomic E-state index is -0.320. The number of thioether (sulfide) groups is 1. The molecule has 1 aromatic rings. The first-order valence-electron chi connectivity index (χ1n) is 8.94. The van der Waals surface area contributed by atoms with Crippen LogP contribution in [0, 0.1) is 0 Å². The molecule has 6 nitrogen and oxygen atoms in total. The number of guanidine groups is 1. The number of carbonyl (C=O) groups is 1. The van der Waals surface area contributed by atoms with Crippen molar-refractivity contribution >= 4 is 29.3 Å². The highest BCUT2D eigenvalue weighted by Gasteiger charge is 2.23. The highest BCUT2D eigenvalue weighted by atomic mass is 32.2. The molecule has 0 saturated carbocycles. The van der Waals surface area contributed by atoms with Crippen molar-refractivity contribution in [3.8, 4) is 0 Å². The Morgan fingerprint density at radius 2 is 2.19 bits per heavy atom. The maximum absolute atomic E-state index is 12.2. The lowest BCUT2D eigenvalue weighted by atomic mass is 10.2. The van der Waals surface area contributed by atoms with Gasteiger partial charge in [-0.3, -0.25) is 9.79 Å². The van der Waals surface area contributed by atoms with Crippen LogP contribution >= 0.6 is 11.8 Å². The van der Waals surface area contributed by atoms with E-state index in [-0.39, 0.29) is 16.8 Å². The molecule has 1 unspecified atom stereocenters. The normalized spacial score (nSPS) is 17.8. The summed E-state index contributed by atoms with van der Waals surface area (Å²) in [6, 6.07) is 7.83. The fourth-order valence-corrected chi connectivity index (χ4v) is 2.76. The Bertz CT molecular complexity index is 628. The minimum absolute atomic E-state index is 0.0654. The van der Waals surface area contributed by atoms with Crippen LogP contribution in [-0.2, 0) is 16.1 Å². The second kappa shape index (κ2) is 9.83. The second-order valence-corrected chi connectivity index (χ2v) is 8.45. The summed E-state index contributed by atoms with van der Waals surface area (Å²) in [7, 11) is 1.76. The van der Waals surface area contributed by atoms with Gasteiger partial charge in [-0.1, -0.05) is 12.1 Å². The number of aliphatic imine (C=N–C) groups is 1. The third-order valence-corrected chi connectivity index (χ3v) is 5.58. The fourth-order valence-electron chi connectivity index (χ4n) is 2.54. The van der Waals surface area contributed by atoms with Gasteiger partial charge in [0.2, 0.25) is 0 Å². The Morgan fingerprint density at radius 3 is 2.85 bits per heavy atom. The number of benzene rings is 1. The number of hydrogen-bond acceptors (Lipinski definition) is 4.